The van der Waals surface area contributed by atoms with E-state index in [4.69, 9.17) is 69.3 Å². The fraction of sp³-hybridized carbons (Fsp3) is 0.397. The van der Waals surface area contributed by atoms with E-state index in [1.807, 2.05) is 0 Å². The van der Waals surface area contributed by atoms with Crippen LogP contribution in [0.3, 0.4) is 0 Å². The summed E-state index contributed by atoms with van der Waals surface area (Å²) in [6.45, 7) is -2.03. The van der Waals surface area contributed by atoms with Crippen LogP contribution in [-0.4, -0.2) is 227 Å². The van der Waals surface area contributed by atoms with Gasteiger partial charge < -0.3 is 115 Å². The van der Waals surface area contributed by atoms with Gasteiger partial charge >= 0.3 is 29.5 Å². The van der Waals surface area contributed by atoms with Crippen LogP contribution in [0, 0.1) is 0 Å². The minimum Gasteiger partial charge on any atom is -0.507 e. The second-order valence-corrected chi connectivity index (χ2v) is 27.6. The molecule has 36 nitrogen and oxygen atoms in total. The van der Waals surface area contributed by atoms with Crippen molar-refractivity contribution >= 4 is 64.9 Å². The first-order valence-corrected chi connectivity index (χ1v) is 34.1. The molecular weight excluding hydrogens is 1480 g/mol. The van der Waals surface area contributed by atoms with E-state index >= 15 is 8.78 Å². The molecule has 1 aromatic heterocycles. The number of carbonyl (C=O) groups is 10. The van der Waals surface area contributed by atoms with Crippen molar-refractivity contribution in [2.24, 2.45) is 11.5 Å². The number of phenolic OH excluding ortho intramolecular Hbond substituents is 4. The third kappa shape index (κ3) is 13.3. The molecule has 5 aromatic carbocycles. The Hall–Kier alpha value is -11.1. The number of hydrogen-bond acceptors (Lipinski definition) is 35. The Kier molecular flexibility index (Phi) is 20.6. The van der Waals surface area contributed by atoms with Gasteiger partial charge in [0, 0.05) is 90.2 Å². The number of methoxy groups -OCH3 is 2. The highest BCUT2D eigenvalue weighted by atomic mass is 19.3. The molecule has 0 radical (unpaired) electrons. The molecule has 3 fully saturated rings. The number of fused-ring (bicyclic) bond motifs is 6. The molecule has 3 aliphatic heterocycles. The molecule has 0 unspecified atom stereocenters. The van der Waals surface area contributed by atoms with Gasteiger partial charge in [0.05, 0.1) is 89.8 Å². The maximum Gasteiger partial charge on any atom is 0.351 e. The Labute approximate surface area is 622 Å². The number of aliphatic hydroxyl groups is 5. The number of benzene rings is 5. The summed E-state index contributed by atoms with van der Waals surface area (Å²) in [5, 5.41) is 106. The van der Waals surface area contributed by atoms with E-state index in [9.17, 15) is 98.7 Å². The van der Waals surface area contributed by atoms with Crippen molar-refractivity contribution in [1.29, 1.82) is 0 Å². The van der Waals surface area contributed by atoms with Crippen LogP contribution in [-0.2, 0) is 65.1 Å². The minimum atomic E-state index is -4.33. The molecule has 111 heavy (non-hydrogen) atoms. The Bertz CT molecular complexity index is 4780. The van der Waals surface area contributed by atoms with E-state index in [-0.39, 0.29) is 57.0 Å². The first-order valence-electron chi connectivity index (χ1n) is 34.1. The molecule has 15 N–H and O–H groups in total. The van der Waals surface area contributed by atoms with Crippen molar-refractivity contribution in [2.45, 2.75) is 149 Å². The van der Waals surface area contributed by atoms with Crippen LogP contribution >= 0.6 is 0 Å². The molecule has 4 heterocycles. The van der Waals surface area contributed by atoms with Gasteiger partial charge in [-0.2, -0.15) is 13.8 Å². The molecule has 0 amide bonds. The third-order valence-electron chi connectivity index (χ3n) is 20.8. The van der Waals surface area contributed by atoms with Crippen molar-refractivity contribution < 1.29 is 155 Å². The van der Waals surface area contributed by atoms with Crippen LogP contribution in [0.4, 0.5) is 14.6 Å². The fourth-order valence-corrected chi connectivity index (χ4v) is 15.1. The third-order valence-corrected chi connectivity index (χ3v) is 20.8. The Morgan fingerprint density at radius 3 is 1.48 bits per heavy atom. The maximum absolute atomic E-state index is 15.7. The predicted molar refractivity (Wildman–Crippen MR) is 361 cm³/mol. The smallest absolute Gasteiger partial charge is 0.351 e. The molecule has 38 heteroatoms. The van der Waals surface area contributed by atoms with Gasteiger partial charge in [0.15, 0.2) is 49.2 Å². The standard InChI is InChI=1S/C73H69F2N5O31/c1-25-54(84)34(76)15-44(107-25)109-38-19-71(99,17-32-48(38)62(92)52-50(58(32)88)56(86)28-7-5-9-36(101-3)46(28)60(52)90)41(82)22-104-67(96)30-13-27(66(95)103-21-40-65(94)73(74,75)69(111-40)80-12-11-43(78)79-70(80)98)14-31(64(30)106-24-81)68(97)105-23-42(83)72(100)18-33-49(39(20-72)110-45-16-35(77)55(85)26(2)108-45)63(93)53-51(59(33)89)57(87)29-8-6-10-37(102-4)47(29)61(53)91/h5-14,24-26,34-35,38-40,44-45,54-55,65,69,84-85,88-89,92-94,99-100H,15-23,76-77H2,1-4H3,(H2,78,79,98)/t25-,26-,34-,35-,38+,39+,40-,44-,45-,54+,55+,65+,69-,71+,72+/m1/s1. The number of ketones is 6. The summed E-state index contributed by atoms with van der Waals surface area (Å²) in [7, 11) is 2.41. The average Bonchev–Trinajstić information content (AvgIpc) is 0.995. The number of alkyl halides is 2. The Morgan fingerprint density at radius 1 is 0.622 bits per heavy atom. The van der Waals surface area contributed by atoms with Crippen LogP contribution in [0.2, 0.25) is 0 Å². The first-order chi connectivity index (χ1) is 52.5. The number of hydrogen-bond donors (Lipinski definition) is 12. The van der Waals surface area contributed by atoms with Gasteiger partial charge in [0.1, 0.15) is 75.4 Å². The van der Waals surface area contributed by atoms with E-state index in [0.717, 1.165) is 12.3 Å². The van der Waals surface area contributed by atoms with Crippen molar-refractivity contribution in [3.8, 4) is 40.2 Å². The summed E-state index contributed by atoms with van der Waals surface area (Å²) in [6, 6.07) is 7.75. The number of Topliss-reactive ketones (excluding diaryl/α,β-unsaturated/α-hetero) is 2. The molecule has 0 spiro atoms. The summed E-state index contributed by atoms with van der Waals surface area (Å²) in [6.07, 6.45) is -22.6. The van der Waals surface area contributed by atoms with E-state index < -0.39 is 297 Å². The summed E-state index contributed by atoms with van der Waals surface area (Å²) in [5.41, 5.74) is 1.10. The van der Waals surface area contributed by atoms with E-state index in [1.165, 1.54) is 64.5 Å². The van der Waals surface area contributed by atoms with E-state index in [1.54, 1.807) is 0 Å². The molecule has 586 valence electrons. The molecule has 6 aromatic rings. The number of nitrogens with two attached hydrogens (primary N) is 3. The number of aromatic hydroxyl groups is 4. The molecule has 3 saturated heterocycles. The van der Waals surface area contributed by atoms with Gasteiger partial charge in [-0.05, 0) is 44.2 Å². The molecule has 13 rings (SSSR count). The number of rotatable bonds is 20. The summed E-state index contributed by atoms with van der Waals surface area (Å²) >= 11 is 0. The van der Waals surface area contributed by atoms with Crippen LogP contribution in [0.1, 0.15) is 175 Å². The van der Waals surface area contributed by atoms with Crippen LogP contribution in [0.15, 0.2) is 65.6 Å². The van der Waals surface area contributed by atoms with Crippen LogP contribution < -0.4 is 37.1 Å². The average molecular weight is 1550 g/mol. The number of phenols is 4. The molecule has 4 aliphatic carbocycles. The number of carbonyl (C=O) groups excluding carboxylic acids is 10. The predicted octanol–water partition coefficient (Wildman–Crippen LogP) is 0.470. The second kappa shape index (κ2) is 29.3. The number of esters is 3. The van der Waals surface area contributed by atoms with E-state index in [0.29, 0.717) is 12.1 Å². The number of nitrogens with zero attached hydrogens (tertiary/aromatic N) is 2. The van der Waals surface area contributed by atoms with Crippen LogP contribution in [0.25, 0.3) is 0 Å². The molecule has 7 aliphatic rings. The van der Waals surface area contributed by atoms with Gasteiger partial charge in [-0.15, -0.1) is 0 Å². The lowest BCUT2D eigenvalue weighted by Gasteiger charge is -2.42. The lowest BCUT2D eigenvalue weighted by atomic mass is 9.72. The normalized spacial score (nSPS) is 27.6. The zero-order chi connectivity index (χ0) is 80.3. The van der Waals surface area contributed by atoms with Crippen molar-refractivity contribution in [3.63, 3.8) is 0 Å². The summed E-state index contributed by atoms with van der Waals surface area (Å²) < 4.78 is 93.0. The Morgan fingerprint density at radius 2 is 1.06 bits per heavy atom. The highest BCUT2D eigenvalue weighted by molar-refractivity contribution is 6.32. The number of aromatic nitrogens is 2. The van der Waals surface area contributed by atoms with Crippen molar-refractivity contribution in [3.05, 3.63) is 155 Å². The topological polar surface area (TPSA) is 567 Å². The fourth-order valence-electron chi connectivity index (χ4n) is 15.1. The van der Waals surface area contributed by atoms with Crippen molar-refractivity contribution in [2.75, 3.05) is 39.8 Å². The quantitative estimate of drug-likeness (QED) is 0.0214. The van der Waals surface area contributed by atoms with Gasteiger partial charge in [0.2, 0.25) is 29.4 Å². The number of aliphatic hydroxyl groups excluding tert-OH is 3. The van der Waals surface area contributed by atoms with Crippen molar-refractivity contribution in [1.82, 2.24) is 9.55 Å². The lowest BCUT2D eigenvalue weighted by Crippen LogP contribution is -2.53. The van der Waals surface area contributed by atoms with Crippen LogP contribution in [0.5, 0.6) is 40.2 Å². The maximum atomic E-state index is 15.7. The molecule has 0 saturated carbocycles. The second-order valence-electron chi connectivity index (χ2n) is 27.6. The van der Waals surface area contributed by atoms with Gasteiger partial charge in [-0.1, -0.05) is 24.3 Å². The zero-order valence-electron chi connectivity index (χ0n) is 58.6. The lowest BCUT2D eigenvalue weighted by molar-refractivity contribution is -0.247. The number of halogens is 2. The summed E-state index contributed by atoms with van der Waals surface area (Å²) in [5.74, 6) is -22.6. The number of ether oxygens (including phenoxy) is 11. The largest absolute Gasteiger partial charge is 0.507 e. The van der Waals surface area contributed by atoms with E-state index in [2.05, 4.69) is 4.98 Å². The number of anilines is 1. The van der Waals surface area contributed by atoms with Gasteiger partial charge in [0.25, 0.3) is 6.47 Å². The molecule has 0 bridgehead atoms. The first kappa shape index (κ1) is 78.0. The Balaban J connectivity index is 0.827. The molecule has 15 atom stereocenters. The summed E-state index contributed by atoms with van der Waals surface area (Å²) in [4.78, 5) is 159. The van der Waals surface area contributed by atoms with Gasteiger partial charge in [-0.25, -0.2) is 19.2 Å². The monoisotopic (exact) mass is 1550 g/mol. The van der Waals surface area contributed by atoms with Gasteiger partial charge in [-0.3, -0.25) is 38.1 Å². The minimum absolute atomic E-state index is 0.0941. The zero-order valence-corrected chi connectivity index (χ0v) is 58.6. The highest BCUT2D eigenvalue weighted by Gasteiger charge is 2.61. The highest BCUT2D eigenvalue weighted by Crippen LogP contribution is 2.56. The SMILES string of the molecule is COc1cccc2c1C(=O)c1c(O)c3c(c(O)c1C2=O)C[C@@](O)(C(=O)COC(=O)c1cc(C(=O)OC[C@H]2O[C@@H](n4ccc(N)nc4=O)C(F)(F)[C@H]2O)cc(C(=O)OCC(=O)[C@]2(O)Cc4c(O)c5c(c(O)c4[C@@H](O[C@@H]4C[C@@H](N)[C@@H](O)[C@@H](C)O4)C2)C(=O)c2c(OC)cccc2C5=O)c1OC=O)C[C@@H]3O[C@@H]1C[C@@H](N)[C@@H](O)[C@@H](C)O1. The molecular formula is C73H69F2N5O31. The number of nitrogen functional groups attached to an aromatic ring is 1.